The molecule has 13 heteroatoms. The van der Waals surface area contributed by atoms with E-state index in [0.717, 1.165) is 12.5 Å². The molecule has 204 valence electrons. The van der Waals surface area contributed by atoms with Gasteiger partial charge in [0.05, 0.1) is 22.5 Å². The third-order valence-electron chi connectivity index (χ3n) is 6.12. The molecule has 0 bridgehead atoms. The standard InChI is InChI=1S/C27H19ClF3N5O3S/c1-16-33-25(27(29,30)31)15-35(16)22-11-8-19(18-4-3-5-21(12-18)40(2,38)39)13-23(22)36-24(14-32-34-36)26(37)17-6-9-20(28)10-7-17/h3-15H,1-2H3. The summed E-state index contributed by atoms with van der Waals surface area (Å²) in [5, 5.41) is 8.41. The molecule has 40 heavy (non-hydrogen) atoms. The Morgan fingerprint density at radius 3 is 2.30 bits per heavy atom. The molecule has 0 aliphatic rings. The van der Waals surface area contributed by atoms with Crippen molar-refractivity contribution in [2.24, 2.45) is 0 Å². The summed E-state index contributed by atoms with van der Waals surface area (Å²) >= 11 is 5.95. The van der Waals surface area contributed by atoms with Gasteiger partial charge < -0.3 is 4.57 Å². The number of hydrogen-bond acceptors (Lipinski definition) is 6. The SMILES string of the molecule is Cc1nc(C(F)(F)F)cn1-c1ccc(-c2cccc(S(C)(=O)=O)c2)cc1-n1nncc1C(=O)c1ccc(Cl)cc1. The second kappa shape index (κ2) is 10.0. The number of halogens is 4. The van der Waals surface area contributed by atoms with Gasteiger partial charge in [-0.05, 0) is 66.6 Å². The molecule has 0 saturated heterocycles. The first kappa shape index (κ1) is 27.3. The van der Waals surface area contributed by atoms with Crippen LogP contribution in [-0.2, 0) is 16.0 Å². The van der Waals surface area contributed by atoms with Gasteiger partial charge in [0.1, 0.15) is 11.5 Å². The van der Waals surface area contributed by atoms with Crippen molar-refractivity contribution in [3.8, 4) is 22.5 Å². The molecule has 0 saturated carbocycles. The van der Waals surface area contributed by atoms with Gasteiger partial charge in [-0.2, -0.15) is 13.2 Å². The number of hydrogen-bond donors (Lipinski definition) is 0. The topological polar surface area (TPSA) is 99.7 Å². The number of benzene rings is 3. The lowest BCUT2D eigenvalue weighted by Gasteiger charge is -2.16. The van der Waals surface area contributed by atoms with Crippen molar-refractivity contribution in [3.05, 3.63) is 107 Å². The molecule has 0 radical (unpaired) electrons. The smallest absolute Gasteiger partial charge is 0.301 e. The summed E-state index contributed by atoms with van der Waals surface area (Å²) in [6.07, 6.45) is -1.48. The highest BCUT2D eigenvalue weighted by Gasteiger charge is 2.35. The molecular formula is C27H19ClF3N5O3S. The Bertz CT molecular complexity index is 1860. The van der Waals surface area contributed by atoms with Crippen LogP contribution in [0, 0.1) is 6.92 Å². The second-order valence-corrected chi connectivity index (χ2v) is 11.4. The molecule has 5 rings (SSSR count). The van der Waals surface area contributed by atoms with Gasteiger partial charge in [-0.3, -0.25) is 4.79 Å². The van der Waals surface area contributed by atoms with Crippen molar-refractivity contribution < 1.29 is 26.4 Å². The zero-order chi connectivity index (χ0) is 28.8. The van der Waals surface area contributed by atoms with Crippen molar-refractivity contribution >= 4 is 27.2 Å². The maximum absolute atomic E-state index is 13.5. The molecule has 5 aromatic rings. The predicted octanol–water partition coefficient (Wildman–Crippen LogP) is 5.74. The largest absolute Gasteiger partial charge is 0.434 e. The molecule has 3 aromatic carbocycles. The van der Waals surface area contributed by atoms with E-state index in [9.17, 15) is 26.4 Å². The summed E-state index contributed by atoms with van der Waals surface area (Å²) in [5.74, 6) is -0.401. The Kier molecular flexibility index (Phi) is 6.84. The Morgan fingerprint density at radius 2 is 1.65 bits per heavy atom. The lowest BCUT2D eigenvalue weighted by molar-refractivity contribution is -0.141. The third kappa shape index (κ3) is 5.27. The molecule has 0 atom stereocenters. The highest BCUT2D eigenvalue weighted by molar-refractivity contribution is 7.90. The maximum atomic E-state index is 13.5. The van der Waals surface area contributed by atoms with E-state index in [1.807, 2.05) is 0 Å². The van der Waals surface area contributed by atoms with E-state index in [2.05, 4.69) is 15.3 Å². The summed E-state index contributed by atoms with van der Waals surface area (Å²) < 4.78 is 67.1. The molecule has 0 unspecified atom stereocenters. The van der Waals surface area contributed by atoms with E-state index in [-0.39, 0.29) is 27.8 Å². The van der Waals surface area contributed by atoms with Crippen LogP contribution in [0.15, 0.2) is 84.0 Å². The van der Waals surface area contributed by atoms with Crippen molar-refractivity contribution in [2.45, 2.75) is 18.0 Å². The van der Waals surface area contributed by atoms with Gasteiger partial charge >= 0.3 is 6.18 Å². The first-order valence-corrected chi connectivity index (χ1v) is 13.9. The van der Waals surface area contributed by atoms with Gasteiger partial charge in [0.15, 0.2) is 15.5 Å². The number of carbonyl (C=O) groups is 1. The highest BCUT2D eigenvalue weighted by Crippen LogP contribution is 2.33. The van der Waals surface area contributed by atoms with Crippen molar-refractivity contribution in [1.29, 1.82) is 0 Å². The Labute approximate surface area is 231 Å². The van der Waals surface area contributed by atoms with Crippen LogP contribution >= 0.6 is 11.6 Å². The fraction of sp³-hybridized carbons (Fsp3) is 0.111. The van der Waals surface area contributed by atoms with E-state index in [1.165, 1.54) is 46.6 Å². The van der Waals surface area contributed by atoms with E-state index in [0.29, 0.717) is 21.7 Å². The van der Waals surface area contributed by atoms with Crippen LogP contribution in [0.2, 0.25) is 5.02 Å². The molecule has 0 fully saturated rings. The van der Waals surface area contributed by atoms with E-state index in [4.69, 9.17) is 11.6 Å². The fourth-order valence-electron chi connectivity index (χ4n) is 4.15. The van der Waals surface area contributed by atoms with Crippen LogP contribution in [0.5, 0.6) is 0 Å². The summed E-state index contributed by atoms with van der Waals surface area (Å²) in [5.41, 5.74) is 0.754. The summed E-state index contributed by atoms with van der Waals surface area (Å²) in [6.45, 7) is 1.42. The number of aromatic nitrogens is 5. The first-order chi connectivity index (χ1) is 18.8. The van der Waals surface area contributed by atoms with Gasteiger partial charge in [-0.15, -0.1) is 5.10 Å². The number of nitrogens with zero attached hydrogens (tertiary/aromatic N) is 5. The predicted molar refractivity (Wildman–Crippen MR) is 142 cm³/mol. The third-order valence-corrected chi connectivity index (χ3v) is 7.48. The number of sulfone groups is 1. The number of imidazole rings is 1. The molecular weight excluding hydrogens is 567 g/mol. The average molecular weight is 586 g/mol. The molecule has 0 spiro atoms. The normalized spacial score (nSPS) is 12.1. The monoisotopic (exact) mass is 585 g/mol. The van der Waals surface area contributed by atoms with Crippen LogP contribution in [0.1, 0.15) is 27.6 Å². The van der Waals surface area contributed by atoms with Gasteiger partial charge in [-0.25, -0.2) is 18.1 Å². The molecule has 0 amide bonds. The van der Waals surface area contributed by atoms with Crippen LogP contribution in [0.3, 0.4) is 0 Å². The van der Waals surface area contributed by atoms with Crippen molar-refractivity contribution in [3.63, 3.8) is 0 Å². The lowest BCUT2D eigenvalue weighted by Crippen LogP contribution is -2.13. The zero-order valence-corrected chi connectivity index (χ0v) is 22.5. The van der Waals surface area contributed by atoms with E-state index >= 15 is 0 Å². The summed E-state index contributed by atoms with van der Waals surface area (Å²) in [4.78, 5) is 17.1. The van der Waals surface area contributed by atoms with E-state index < -0.39 is 27.5 Å². The molecule has 0 N–H and O–H groups in total. The highest BCUT2D eigenvalue weighted by atomic mass is 35.5. The summed E-state index contributed by atoms with van der Waals surface area (Å²) in [7, 11) is -3.51. The van der Waals surface area contributed by atoms with Crippen LogP contribution in [-0.4, -0.2) is 45.0 Å². The van der Waals surface area contributed by atoms with Gasteiger partial charge in [0.25, 0.3) is 0 Å². The summed E-state index contributed by atoms with van der Waals surface area (Å²) in [6, 6.07) is 17.2. The lowest BCUT2D eigenvalue weighted by atomic mass is 10.0. The van der Waals surface area contributed by atoms with Crippen molar-refractivity contribution in [1.82, 2.24) is 24.5 Å². The zero-order valence-electron chi connectivity index (χ0n) is 20.9. The Morgan fingerprint density at radius 1 is 0.950 bits per heavy atom. The molecule has 2 heterocycles. The number of alkyl halides is 3. The molecule has 2 aromatic heterocycles. The van der Waals surface area contributed by atoms with Crippen LogP contribution < -0.4 is 0 Å². The number of rotatable bonds is 6. The van der Waals surface area contributed by atoms with Crippen molar-refractivity contribution in [2.75, 3.05) is 6.26 Å². The average Bonchev–Trinajstić information content (AvgIpc) is 3.55. The Balaban J connectivity index is 1.72. The number of ketones is 1. The van der Waals surface area contributed by atoms with Crippen LogP contribution in [0.25, 0.3) is 22.5 Å². The fourth-order valence-corrected chi connectivity index (χ4v) is 4.95. The molecule has 8 nitrogen and oxygen atoms in total. The quantitative estimate of drug-likeness (QED) is 0.236. The van der Waals surface area contributed by atoms with Crippen LogP contribution in [0.4, 0.5) is 13.2 Å². The number of carbonyl (C=O) groups excluding carboxylic acids is 1. The Hall–Kier alpha value is -4.29. The van der Waals surface area contributed by atoms with Gasteiger partial charge in [0, 0.05) is 23.0 Å². The van der Waals surface area contributed by atoms with Gasteiger partial charge in [0.2, 0.25) is 5.78 Å². The maximum Gasteiger partial charge on any atom is 0.434 e. The first-order valence-electron chi connectivity index (χ1n) is 11.6. The molecule has 0 aliphatic heterocycles. The minimum Gasteiger partial charge on any atom is -0.301 e. The minimum atomic E-state index is -4.68. The molecule has 0 aliphatic carbocycles. The van der Waals surface area contributed by atoms with E-state index in [1.54, 1.807) is 42.5 Å². The second-order valence-electron chi connectivity index (χ2n) is 8.91. The van der Waals surface area contributed by atoms with Gasteiger partial charge in [-0.1, -0.05) is 35.0 Å². The number of aryl methyl sites for hydroxylation is 1. The minimum absolute atomic E-state index is 0.0411.